The second-order valence-corrected chi connectivity index (χ2v) is 6.02. The lowest BCUT2D eigenvalue weighted by atomic mass is 10.2. The average molecular weight is 356 g/mol. The van der Waals surface area contributed by atoms with E-state index in [2.05, 4.69) is 20.9 Å². The molecule has 0 spiro atoms. The molecule has 1 aromatic carbocycles. The van der Waals surface area contributed by atoms with E-state index >= 15 is 0 Å². The number of halogens is 3. The Balaban J connectivity index is 2.20. The number of rotatable bonds is 1. The van der Waals surface area contributed by atoms with Crippen molar-refractivity contribution in [2.45, 2.75) is 6.92 Å². The van der Waals surface area contributed by atoms with E-state index in [1.54, 1.807) is 6.07 Å². The van der Waals surface area contributed by atoms with Crippen molar-refractivity contribution in [2.24, 2.45) is 0 Å². The minimum Gasteiger partial charge on any atom is -0.305 e. The van der Waals surface area contributed by atoms with Gasteiger partial charge in [-0.15, -0.1) is 0 Å². The van der Waals surface area contributed by atoms with Crippen molar-refractivity contribution in [3.8, 4) is 11.3 Å². The van der Waals surface area contributed by atoms with Gasteiger partial charge in [0, 0.05) is 27.5 Å². The molecule has 0 N–H and O–H groups in total. The van der Waals surface area contributed by atoms with Crippen molar-refractivity contribution in [1.29, 1.82) is 0 Å². The highest BCUT2D eigenvalue weighted by Gasteiger charge is 2.09. The normalized spacial score (nSPS) is 11.2. The van der Waals surface area contributed by atoms with Crippen molar-refractivity contribution in [2.75, 3.05) is 0 Å². The van der Waals surface area contributed by atoms with Crippen LogP contribution in [0.1, 0.15) is 5.56 Å². The van der Waals surface area contributed by atoms with E-state index in [1.165, 1.54) is 0 Å². The first-order chi connectivity index (χ1) is 9.04. The fourth-order valence-electron chi connectivity index (χ4n) is 1.93. The number of nitrogens with zero attached hydrogens (tertiary/aromatic N) is 2. The first-order valence-corrected chi connectivity index (χ1v) is 7.20. The maximum absolute atomic E-state index is 6.21. The summed E-state index contributed by atoms with van der Waals surface area (Å²) in [6, 6.07) is 7.45. The highest BCUT2D eigenvalue weighted by molar-refractivity contribution is 9.10. The number of hydrogen-bond donors (Lipinski definition) is 0. The number of benzene rings is 1. The molecule has 0 unspecified atom stereocenters. The van der Waals surface area contributed by atoms with Crippen LogP contribution in [0.15, 0.2) is 41.1 Å². The Morgan fingerprint density at radius 2 is 1.95 bits per heavy atom. The van der Waals surface area contributed by atoms with E-state index in [4.69, 9.17) is 23.2 Å². The Morgan fingerprint density at radius 3 is 2.68 bits per heavy atom. The molecule has 0 bridgehead atoms. The largest absolute Gasteiger partial charge is 0.305 e. The Morgan fingerprint density at radius 1 is 1.16 bits per heavy atom. The van der Waals surface area contributed by atoms with Crippen LogP contribution < -0.4 is 0 Å². The third kappa shape index (κ3) is 2.38. The number of imidazole rings is 1. The Labute approximate surface area is 129 Å². The van der Waals surface area contributed by atoms with Crippen LogP contribution in [0.4, 0.5) is 0 Å². The fourth-order valence-corrected chi connectivity index (χ4v) is 2.77. The SMILES string of the molecule is Cc1cc2nc(-c3ccc(Cl)cc3Cl)cn2cc1Br. The Hall–Kier alpha value is -1.03. The van der Waals surface area contributed by atoms with Gasteiger partial charge in [-0.1, -0.05) is 23.2 Å². The first-order valence-electron chi connectivity index (χ1n) is 5.65. The van der Waals surface area contributed by atoms with E-state index in [-0.39, 0.29) is 0 Å². The van der Waals surface area contributed by atoms with E-state index in [1.807, 2.05) is 41.9 Å². The summed E-state index contributed by atoms with van der Waals surface area (Å²) in [4.78, 5) is 4.59. The van der Waals surface area contributed by atoms with Crippen molar-refractivity contribution in [3.05, 3.63) is 56.7 Å². The molecular weight excluding hydrogens is 347 g/mol. The second-order valence-electron chi connectivity index (χ2n) is 4.32. The van der Waals surface area contributed by atoms with Gasteiger partial charge in [-0.25, -0.2) is 4.98 Å². The summed E-state index contributed by atoms with van der Waals surface area (Å²) in [7, 11) is 0. The summed E-state index contributed by atoms with van der Waals surface area (Å²) >= 11 is 15.6. The van der Waals surface area contributed by atoms with Crippen LogP contribution in [0.2, 0.25) is 10.0 Å². The van der Waals surface area contributed by atoms with Crippen LogP contribution in [0.3, 0.4) is 0 Å². The topological polar surface area (TPSA) is 17.3 Å². The zero-order chi connectivity index (χ0) is 13.6. The molecule has 0 aliphatic heterocycles. The van der Waals surface area contributed by atoms with Gasteiger partial charge in [-0.3, -0.25) is 0 Å². The molecule has 5 heteroatoms. The average Bonchev–Trinajstić information content (AvgIpc) is 2.72. The van der Waals surface area contributed by atoms with Crippen LogP contribution >= 0.6 is 39.1 Å². The molecule has 96 valence electrons. The summed E-state index contributed by atoms with van der Waals surface area (Å²) in [6.07, 6.45) is 3.94. The van der Waals surface area contributed by atoms with Crippen molar-refractivity contribution in [1.82, 2.24) is 9.38 Å². The molecule has 0 saturated carbocycles. The standard InChI is InChI=1S/C14H9BrCl2N2/c1-8-4-14-18-13(7-19(14)6-11(8)15)10-3-2-9(16)5-12(10)17/h2-7H,1H3. The zero-order valence-corrected chi connectivity index (χ0v) is 13.1. The quantitative estimate of drug-likeness (QED) is 0.572. The molecule has 2 heterocycles. The van der Waals surface area contributed by atoms with Gasteiger partial charge in [0.05, 0.1) is 10.7 Å². The molecule has 0 atom stereocenters. The monoisotopic (exact) mass is 354 g/mol. The molecule has 19 heavy (non-hydrogen) atoms. The van der Waals surface area contributed by atoms with E-state index in [9.17, 15) is 0 Å². The van der Waals surface area contributed by atoms with Crippen molar-refractivity contribution < 1.29 is 0 Å². The molecule has 3 rings (SSSR count). The highest BCUT2D eigenvalue weighted by atomic mass is 79.9. The maximum atomic E-state index is 6.21. The van der Waals surface area contributed by atoms with Crippen molar-refractivity contribution >= 4 is 44.8 Å². The molecule has 0 aliphatic carbocycles. The Bertz CT molecular complexity index is 741. The predicted molar refractivity (Wildman–Crippen MR) is 83.1 cm³/mol. The van der Waals surface area contributed by atoms with Crippen LogP contribution in [-0.2, 0) is 0 Å². The summed E-state index contributed by atoms with van der Waals surface area (Å²) in [5.74, 6) is 0. The lowest BCUT2D eigenvalue weighted by molar-refractivity contribution is 1.16. The lowest BCUT2D eigenvalue weighted by Gasteiger charge is -2.00. The summed E-state index contributed by atoms with van der Waals surface area (Å²) in [6.45, 7) is 2.04. The van der Waals surface area contributed by atoms with Crippen LogP contribution in [0, 0.1) is 6.92 Å². The third-order valence-electron chi connectivity index (χ3n) is 2.94. The number of aromatic nitrogens is 2. The summed E-state index contributed by atoms with van der Waals surface area (Å²) in [5, 5.41) is 1.22. The molecule has 0 aliphatic rings. The van der Waals surface area contributed by atoms with Gasteiger partial charge in [0.1, 0.15) is 5.65 Å². The first kappa shape index (κ1) is 13.0. The van der Waals surface area contributed by atoms with Crippen LogP contribution in [-0.4, -0.2) is 9.38 Å². The maximum Gasteiger partial charge on any atom is 0.137 e. The van der Waals surface area contributed by atoms with Gasteiger partial charge in [-0.2, -0.15) is 0 Å². The molecule has 0 fully saturated rings. The van der Waals surface area contributed by atoms with Crippen LogP contribution in [0.5, 0.6) is 0 Å². The van der Waals surface area contributed by atoms with Gasteiger partial charge in [0.25, 0.3) is 0 Å². The Kier molecular flexibility index (Phi) is 3.29. The van der Waals surface area contributed by atoms with Crippen molar-refractivity contribution in [3.63, 3.8) is 0 Å². The highest BCUT2D eigenvalue weighted by Crippen LogP contribution is 2.30. The van der Waals surface area contributed by atoms with Gasteiger partial charge < -0.3 is 4.40 Å². The number of hydrogen-bond acceptors (Lipinski definition) is 1. The fraction of sp³-hybridized carbons (Fsp3) is 0.0714. The van der Waals surface area contributed by atoms with E-state index in [0.29, 0.717) is 10.0 Å². The number of pyridine rings is 1. The molecule has 0 amide bonds. The predicted octanol–water partition coefficient (Wildman–Crippen LogP) is 5.38. The van der Waals surface area contributed by atoms with Gasteiger partial charge in [0.15, 0.2) is 0 Å². The van der Waals surface area contributed by atoms with Gasteiger partial charge in [0.2, 0.25) is 0 Å². The minimum atomic E-state index is 0.603. The molecule has 2 nitrogen and oxygen atoms in total. The molecule has 0 saturated heterocycles. The smallest absolute Gasteiger partial charge is 0.137 e. The summed E-state index contributed by atoms with van der Waals surface area (Å²) in [5.41, 5.74) is 3.75. The number of aryl methyl sites for hydroxylation is 1. The number of fused-ring (bicyclic) bond motifs is 1. The molecule has 0 radical (unpaired) electrons. The minimum absolute atomic E-state index is 0.603. The summed E-state index contributed by atoms with van der Waals surface area (Å²) < 4.78 is 3.02. The zero-order valence-electron chi connectivity index (χ0n) is 9.99. The van der Waals surface area contributed by atoms with Crippen LogP contribution in [0.25, 0.3) is 16.9 Å². The van der Waals surface area contributed by atoms with Gasteiger partial charge >= 0.3 is 0 Å². The van der Waals surface area contributed by atoms with E-state index < -0.39 is 0 Å². The molecule has 2 aromatic heterocycles. The third-order valence-corrected chi connectivity index (χ3v) is 4.32. The lowest BCUT2D eigenvalue weighted by Crippen LogP contribution is -1.85. The molecule has 3 aromatic rings. The second kappa shape index (κ2) is 4.82. The van der Waals surface area contributed by atoms with Gasteiger partial charge in [-0.05, 0) is 52.7 Å². The van der Waals surface area contributed by atoms with E-state index in [0.717, 1.165) is 26.9 Å². The molecular formula is C14H9BrCl2N2.